The molecule has 29 heavy (non-hydrogen) atoms. The molecule has 150 valence electrons. The van der Waals surface area contributed by atoms with Crippen molar-refractivity contribution >= 4 is 39.9 Å². The average Bonchev–Trinajstić information content (AvgIpc) is 3.39. The lowest BCUT2D eigenvalue weighted by Crippen LogP contribution is -2.24. The summed E-state index contributed by atoms with van der Waals surface area (Å²) < 4.78 is 2.03. The number of hydrogen-bond donors (Lipinski definition) is 2. The standard InChI is InChI=1S/C21H22N4O2S2/c1-13(28-21-23-10-11-25(21)12-14-6-3-2-4-7-14)19(27)24-20-17(18(22)26)15-8-5-9-16(15)29-20/h2-4,6-7,10-11,13H,5,8-9,12H2,1H3,(H2,22,26)(H,24,27). The lowest BCUT2D eigenvalue weighted by molar-refractivity contribution is -0.115. The van der Waals surface area contributed by atoms with E-state index in [-0.39, 0.29) is 11.2 Å². The molecule has 1 atom stereocenters. The van der Waals surface area contributed by atoms with Gasteiger partial charge in [-0.05, 0) is 37.3 Å². The van der Waals surface area contributed by atoms with Crippen molar-refractivity contribution in [2.45, 2.75) is 43.1 Å². The van der Waals surface area contributed by atoms with Gasteiger partial charge in [0.25, 0.3) is 5.91 Å². The molecule has 2 aromatic heterocycles. The maximum absolute atomic E-state index is 12.8. The third kappa shape index (κ3) is 4.23. The van der Waals surface area contributed by atoms with Gasteiger partial charge in [-0.15, -0.1) is 11.3 Å². The van der Waals surface area contributed by atoms with Crippen LogP contribution in [0, 0.1) is 0 Å². The topological polar surface area (TPSA) is 90.0 Å². The van der Waals surface area contributed by atoms with Crippen LogP contribution in [0.25, 0.3) is 0 Å². The molecule has 0 saturated heterocycles. The molecule has 2 heterocycles. The molecule has 1 unspecified atom stereocenters. The van der Waals surface area contributed by atoms with Crippen molar-refractivity contribution in [1.29, 1.82) is 0 Å². The van der Waals surface area contributed by atoms with E-state index in [2.05, 4.69) is 22.4 Å². The molecule has 0 bridgehead atoms. The van der Waals surface area contributed by atoms with Crippen molar-refractivity contribution in [2.75, 3.05) is 5.32 Å². The van der Waals surface area contributed by atoms with Crippen molar-refractivity contribution < 1.29 is 9.59 Å². The summed E-state index contributed by atoms with van der Waals surface area (Å²) in [6.45, 7) is 2.54. The predicted octanol–water partition coefficient (Wildman–Crippen LogP) is 3.70. The van der Waals surface area contributed by atoms with Gasteiger partial charge < -0.3 is 15.6 Å². The zero-order valence-electron chi connectivity index (χ0n) is 16.1. The fourth-order valence-electron chi connectivity index (χ4n) is 3.49. The minimum atomic E-state index is -0.474. The monoisotopic (exact) mass is 426 g/mol. The number of thiophene rings is 1. The third-order valence-electron chi connectivity index (χ3n) is 4.93. The van der Waals surface area contributed by atoms with E-state index in [1.54, 1.807) is 6.20 Å². The number of imidazole rings is 1. The molecule has 3 N–H and O–H groups in total. The summed E-state index contributed by atoms with van der Waals surface area (Å²) in [5.74, 6) is -0.634. The molecular weight excluding hydrogens is 404 g/mol. The molecule has 2 amide bonds. The molecule has 1 aliphatic rings. The molecule has 0 spiro atoms. The summed E-state index contributed by atoms with van der Waals surface area (Å²) in [4.78, 5) is 30.3. The number of anilines is 1. The number of hydrogen-bond acceptors (Lipinski definition) is 5. The highest BCUT2D eigenvalue weighted by Gasteiger charge is 2.27. The van der Waals surface area contributed by atoms with E-state index < -0.39 is 5.91 Å². The Hall–Kier alpha value is -2.58. The highest BCUT2D eigenvalue weighted by atomic mass is 32.2. The van der Waals surface area contributed by atoms with E-state index in [1.807, 2.05) is 35.9 Å². The Bertz CT molecular complexity index is 1040. The molecule has 0 aliphatic heterocycles. The number of fused-ring (bicyclic) bond motifs is 1. The normalized spacial score (nSPS) is 13.8. The molecule has 1 aliphatic carbocycles. The first-order chi connectivity index (χ1) is 14.0. The van der Waals surface area contributed by atoms with Gasteiger partial charge in [0.2, 0.25) is 5.91 Å². The van der Waals surface area contributed by atoms with Crippen LogP contribution >= 0.6 is 23.1 Å². The average molecular weight is 427 g/mol. The van der Waals surface area contributed by atoms with Crippen LogP contribution in [0.15, 0.2) is 47.9 Å². The summed E-state index contributed by atoms with van der Waals surface area (Å²) in [5.41, 5.74) is 8.25. The van der Waals surface area contributed by atoms with Gasteiger partial charge in [-0.3, -0.25) is 9.59 Å². The Morgan fingerprint density at radius 3 is 2.86 bits per heavy atom. The van der Waals surface area contributed by atoms with Crippen LogP contribution in [-0.2, 0) is 24.2 Å². The number of benzene rings is 1. The number of nitrogens with zero attached hydrogens (tertiary/aromatic N) is 2. The van der Waals surface area contributed by atoms with Crippen molar-refractivity contribution in [3.05, 3.63) is 64.3 Å². The van der Waals surface area contributed by atoms with Crippen LogP contribution in [0.2, 0.25) is 0 Å². The van der Waals surface area contributed by atoms with Crippen molar-refractivity contribution in [2.24, 2.45) is 5.73 Å². The van der Waals surface area contributed by atoms with E-state index in [0.29, 0.717) is 17.1 Å². The summed E-state index contributed by atoms with van der Waals surface area (Å²) in [7, 11) is 0. The van der Waals surface area contributed by atoms with E-state index in [9.17, 15) is 9.59 Å². The number of nitrogens with one attached hydrogen (secondary N) is 1. The van der Waals surface area contributed by atoms with E-state index >= 15 is 0 Å². The number of nitrogens with two attached hydrogens (primary N) is 1. The second kappa shape index (κ2) is 8.42. The number of amides is 2. The molecule has 8 heteroatoms. The predicted molar refractivity (Wildman–Crippen MR) is 117 cm³/mol. The minimum Gasteiger partial charge on any atom is -0.365 e. The highest BCUT2D eigenvalue weighted by molar-refractivity contribution is 8.00. The third-order valence-corrected chi connectivity index (χ3v) is 7.25. The van der Waals surface area contributed by atoms with Gasteiger partial charge in [-0.25, -0.2) is 4.98 Å². The first-order valence-electron chi connectivity index (χ1n) is 9.50. The van der Waals surface area contributed by atoms with Gasteiger partial charge in [0.15, 0.2) is 5.16 Å². The van der Waals surface area contributed by atoms with Crippen LogP contribution in [-0.4, -0.2) is 26.6 Å². The fraction of sp³-hybridized carbons (Fsp3) is 0.286. The quantitative estimate of drug-likeness (QED) is 0.564. The zero-order valence-corrected chi connectivity index (χ0v) is 17.7. The molecule has 1 aromatic carbocycles. The fourth-order valence-corrected chi connectivity index (χ4v) is 5.65. The molecule has 3 aromatic rings. The Kier molecular flexibility index (Phi) is 5.73. The largest absolute Gasteiger partial charge is 0.365 e. The Labute approximate surface area is 177 Å². The van der Waals surface area contributed by atoms with Crippen LogP contribution in [0.5, 0.6) is 0 Å². The second-order valence-corrected chi connectivity index (χ2v) is 9.41. The Balaban J connectivity index is 1.45. The van der Waals surface area contributed by atoms with Crippen molar-refractivity contribution in [3.8, 4) is 0 Å². The molecule has 0 saturated carbocycles. The first kappa shape index (κ1) is 19.7. The van der Waals surface area contributed by atoms with Crippen molar-refractivity contribution in [3.63, 3.8) is 0 Å². The van der Waals surface area contributed by atoms with E-state index in [1.165, 1.54) is 28.7 Å². The van der Waals surface area contributed by atoms with Gasteiger partial charge in [0, 0.05) is 23.8 Å². The van der Waals surface area contributed by atoms with Gasteiger partial charge in [-0.1, -0.05) is 42.1 Å². The summed E-state index contributed by atoms with van der Waals surface area (Å²) in [5, 5.41) is 3.91. The minimum absolute atomic E-state index is 0.160. The van der Waals surface area contributed by atoms with Crippen LogP contribution < -0.4 is 11.1 Å². The molecule has 4 rings (SSSR count). The van der Waals surface area contributed by atoms with Crippen LogP contribution in [0.3, 0.4) is 0 Å². The highest BCUT2D eigenvalue weighted by Crippen LogP contribution is 2.39. The number of aromatic nitrogens is 2. The van der Waals surface area contributed by atoms with Crippen molar-refractivity contribution in [1.82, 2.24) is 9.55 Å². The lowest BCUT2D eigenvalue weighted by Gasteiger charge is -2.13. The summed E-state index contributed by atoms with van der Waals surface area (Å²) in [6.07, 6.45) is 6.48. The van der Waals surface area contributed by atoms with Gasteiger partial charge in [-0.2, -0.15) is 0 Å². The maximum Gasteiger partial charge on any atom is 0.251 e. The number of rotatable bonds is 7. The van der Waals surface area contributed by atoms with Crippen LogP contribution in [0.1, 0.15) is 39.7 Å². The SMILES string of the molecule is CC(Sc1nccn1Cc1ccccc1)C(=O)Nc1sc2c(c1C(N)=O)CCC2. The summed E-state index contributed by atoms with van der Waals surface area (Å²) >= 11 is 2.87. The Morgan fingerprint density at radius 1 is 1.31 bits per heavy atom. The second-order valence-electron chi connectivity index (χ2n) is 7.00. The number of primary amides is 1. The van der Waals surface area contributed by atoms with E-state index in [4.69, 9.17) is 5.73 Å². The summed E-state index contributed by atoms with van der Waals surface area (Å²) in [6, 6.07) is 10.1. The first-order valence-corrected chi connectivity index (χ1v) is 11.2. The number of aryl methyl sites for hydroxylation is 1. The molecule has 6 nitrogen and oxygen atoms in total. The van der Waals surface area contributed by atoms with Gasteiger partial charge >= 0.3 is 0 Å². The lowest BCUT2D eigenvalue weighted by atomic mass is 10.1. The molecule has 0 radical (unpaired) electrons. The van der Waals surface area contributed by atoms with E-state index in [0.717, 1.165) is 34.9 Å². The number of carbonyl (C=O) groups excluding carboxylic acids is 2. The molecular formula is C21H22N4O2S2. The van der Waals surface area contributed by atoms with Gasteiger partial charge in [0.05, 0.1) is 10.8 Å². The number of carbonyl (C=O) groups is 2. The number of thioether (sulfide) groups is 1. The zero-order chi connectivity index (χ0) is 20.4. The molecule has 0 fully saturated rings. The maximum atomic E-state index is 12.8. The Morgan fingerprint density at radius 2 is 2.10 bits per heavy atom. The smallest absolute Gasteiger partial charge is 0.251 e. The van der Waals surface area contributed by atoms with Crippen LogP contribution in [0.4, 0.5) is 5.00 Å². The van der Waals surface area contributed by atoms with Gasteiger partial charge in [0.1, 0.15) is 5.00 Å².